The van der Waals surface area contributed by atoms with Crippen molar-refractivity contribution >= 4 is 9.84 Å². The summed E-state index contributed by atoms with van der Waals surface area (Å²) >= 11 is 0. The second-order valence-corrected chi connectivity index (χ2v) is 7.10. The normalized spacial score (nSPS) is 21.5. The minimum atomic E-state index is -2.95. The topological polar surface area (TPSA) is 55.4 Å². The van der Waals surface area contributed by atoms with Gasteiger partial charge in [-0.3, -0.25) is 0 Å². The molecule has 1 aromatic carbocycles. The zero-order valence-electron chi connectivity index (χ0n) is 10.9. The molecule has 1 N–H and O–H groups in total. The molecule has 2 rings (SSSR count). The number of sulfone groups is 1. The summed E-state index contributed by atoms with van der Waals surface area (Å²) in [5.41, 5.74) is 0.481. The molecular formula is C13H18FNO3S. The average Bonchev–Trinajstić information content (AvgIpc) is 2.71. The Kier molecular flexibility index (Phi) is 4.42. The van der Waals surface area contributed by atoms with Crippen LogP contribution in [0.4, 0.5) is 4.39 Å². The molecule has 1 saturated heterocycles. The standard InChI is InChI=1S/C13H18FNO3S/c1-18-12-6-2-4-10(13(12)14)8-15-9-11-5-3-7-19(11,16)17/h2,4,6,11,15H,3,5,7-9H2,1H3. The molecule has 0 spiro atoms. The fourth-order valence-electron chi connectivity index (χ4n) is 2.31. The highest BCUT2D eigenvalue weighted by atomic mass is 32.2. The monoisotopic (exact) mass is 287 g/mol. The van der Waals surface area contributed by atoms with Gasteiger partial charge in [-0.2, -0.15) is 0 Å². The molecule has 1 aliphatic rings. The van der Waals surface area contributed by atoms with Crippen LogP contribution in [0.5, 0.6) is 5.75 Å². The molecule has 4 nitrogen and oxygen atoms in total. The Morgan fingerprint density at radius 2 is 2.26 bits per heavy atom. The highest BCUT2D eigenvalue weighted by Gasteiger charge is 2.30. The van der Waals surface area contributed by atoms with Crippen molar-refractivity contribution in [3.8, 4) is 5.75 Å². The summed E-state index contributed by atoms with van der Waals surface area (Å²) in [6, 6.07) is 4.93. The molecule has 1 fully saturated rings. The van der Waals surface area contributed by atoms with Crippen LogP contribution < -0.4 is 10.1 Å². The van der Waals surface area contributed by atoms with Crippen LogP contribution >= 0.6 is 0 Å². The fraction of sp³-hybridized carbons (Fsp3) is 0.538. The summed E-state index contributed by atoms with van der Waals surface area (Å²) < 4.78 is 42.0. The van der Waals surface area contributed by atoms with E-state index in [9.17, 15) is 12.8 Å². The van der Waals surface area contributed by atoms with Crippen molar-refractivity contribution in [3.63, 3.8) is 0 Å². The number of methoxy groups -OCH3 is 1. The van der Waals surface area contributed by atoms with Gasteiger partial charge in [0.15, 0.2) is 21.4 Å². The number of benzene rings is 1. The predicted molar refractivity (Wildman–Crippen MR) is 71.5 cm³/mol. The van der Waals surface area contributed by atoms with Gasteiger partial charge in [0.1, 0.15) is 0 Å². The number of hydrogen-bond acceptors (Lipinski definition) is 4. The molecule has 6 heteroatoms. The number of rotatable bonds is 5. The molecule has 1 aliphatic heterocycles. The molecule has 1 atom stereocenters. The van der Waals surface area contributed by atoms with E-state index in [1.165, 1.54) is 7.11 Å². The Hall–Kier alpha value is -1.14. The first-order valence-electron chi connectivity index (χ1n) is 6.28. The maximum atomic E-state index is 13.8. The minimum absolute atomic E-state index is 0.202. The third-order valence-corrected chi connectivity index (χ3v) is 5.69. The van der Waals surface area contributed by atoms with Crippen molar-refractivity contribution in [1.82, 2.24) is 5.32 Å². The first-order valence-corrected chi connectivity index (χ1v) is 8.00. The highest BCUT2D eigenvalue weighted by molar-refractivity contribution is 7.92. The number of halogens is 1. The highest BCUT2D eigenvalue weighted by Crippen LogP contribution is 2.21. The van der Waals surface area contributed by atoms with Gasteiger partial charge in [-0.1, -0.05) is 12.1 Å². The van der Waals surface area contributed by atoms with Crippen LogP contribution in [-0.4, -0.2) is 33.1 Å². The van der Waals surface area contributed by atoms with Crippen molar-refractivity contribution in [3.05, 3.63) is 29.6 Å². The van der Waals surface area contributed by atoms with E-state index in [4.69, 9.17) is 4.74 Å². The fourth-order valence-corrected chi connectivity index (χ4v) is 4.11. The van der Waals surface area contributed by atoms with Crippen molar-refractivity contribution in [1.29, 1.82) is 0 Å². The van der Waals surface area contributed by atoms with Crippen LogP contribution in [0.3, 0.4) is 0 Å². The summed E-state index contributed by atoms with van der Waals surface area (Å²) in [5, 5.41) is 2.68. The van der Waals surface area contributed by atoms with Gasteiger partial charge in [-0.05, 0) is 18.9 Å². The number of ether oxygens (including phenoxy) is 1. The quantitative estimate of drug-likeness (QED) is 0.891. The van der Waals surface area contributed by atoms with Gasteiger partial charge in [0, 0.05) is 18.7 Å². The molecule has 0 saturated carbocycles. The molecule has 19 heavy (non-hydrogen) atoms. The average molecular weight is 287 g/mol. The van der Waals surface area contributed by atoms with E-state index in [2.05, 4.69) is 5.32 Å². The van der Waals surface area contributed by atoms with Crippen molar-refractivity contribution in [2.24, 2.45) is 0 Å². The molecule has 0 amide bonds. The largest absolute Gasteiger partial charge is 0.494 e. The maximum absolute atomic E-state index is 13.8. The molecule has 0 aliphatic carbocycles. The van der Waals surface area contributed by atoms with E-state index in [-0.39, 0.29) is 16.8 Å². The summed E-state index contributed by atoms with van der Waals surface area (Å²) in [4.78, 5) is 0. The molecule has 1 unspecified atom stereocenters. The zero-order chi connectivity index (χ0) is 13.9. The molecule has 1 heterocycles. The summed E-state index contributed by atoms with van der Waals surface area (Å²) in [6.07, 6.45) is 1.41. The molecule has 0 aromatic heterocycles. The lowest BCUT2D eigenvalue weighted by Gasteiger charge is -2.12. The Bertz CT molecular complexity index is 545. The van der Waals surface area contributed by atoms with Gasteiger partial charge in [0.2, 0.25) is 0 Å². The Balaban J connectivity index is 1.93. The van der Waals surface area contributed by atoms with Crippen molar-refractivity contribution < 1.29 is 17.5 Å². The summed E-state index contributed by atoms with van der Waals surface area (Å²) in [7, 11) is -1.53. The van der Waals surface area contributed by atoms with Crippen LogP contribution in [0.25, 0.3) is 0 Å². The number of hydrogen-bond donors (Lipinski definition) is 1. The van der Waals surface area contributed by atoms with E-state index < -0.39 is 15.7 Å². The van der Waals surface area contributed by atoms with Crippen LogP contribution in [0.15, 0.2) is 18.2 Å². The lowest BCUT2D eigenvalue weighted by Crippen LogP contribution is -2.30. The summed E-state index contributed by atoms with van der Waals surface area (Å²) in [5.74, 6) is 0.0759. The summed E-state index contributed by atoms with van der Waals surface area (Å²) in [6.45, 7) is 0.675. The second kappa shape index (κ2) is 5.88. The van der Waals surface area contributed by atoms with Gasteiger partial charge >= 0.3 is 0 Å². The lowest BCUT2D eigenvalue weighted by molar-refractivity contribution is 0.383. The van der Waals surface area contributed by atoms with E-state index in [0.717, 1.165) is 6.42 Å². The molecule has 106 valence electrons. The van der Waals surface area contributed by atoms with Gasteiger partial charge < -0.3 is 10.1 Å². The van der Waals surface area contributed by atoms with Crippen LogP contribution in [-0.2, 0) is 16.4 Å². The van der Waals surface area contributed by atoms with Gasteiger partial charge in [-0.25, -0.2) is 12.8 Å². The second-order valence-electron chi connectivity index (χ2n) is 4.70. The van der Waals surface area contributed by atoms with Crippen molar-refractivity contribution in [2.45, 2.75) is 24.6 Å². The third kappa shape index (κ3) is 3.25. The zero-order valence-corrected chi connectivity index (χ0v) is 11.7. The van der Waals surface area contributed by atoms with Gasteiger partial charge in [-0.15, -0.1) is 0 Å². The van der Waals surface area contributed by atoms with Gasteiger partial charge in [0.25, 0.3) is 0 Å². The lowest BCUT2D eigenvalue weighted by atomic mass is 10.2. The first kappa shape index (κ1) is 14.3. The van der Waals surface area contributed by atoms with E-state index in [1.54, 1.807) is 18.2 Å². The maximum Gasteiger partial charge on any atom is 0.169 e. The first-order chi connectivity index (χ1) is 9.04. The number of nitrogens with one attached hydrogen (secondary N) is 1. The third-order valence-electron chi connectivity index (χ3n) is 3.41. The van der Waals surface area contributed by atoms with E-state index in [1.807, 2.05) is 0 Å². The Morgan fingerprint density at radius 3 is 2.89 bits per heavy atom. The molecule has 0 bridgehead atoms. The van der Waals surface area contributed by atoms with Crippen LogP contribution in [0, 0.1) is 5.82 Å². The van der Waals surface area contributed by atoms with Crippen molar-refractivity contribution in [2.75, 3.05) is 19.4 Å². The van der Waals surface area contributed by atoms with Gasteiger partial charge in [0.05, 0.1) is 18.1 Å². The molecule has 1 aromatic rings. The van der Waals surface area contributed by atoms with Crippen LogP contribution in [0.1, 0.15) is 18.4 Å². The molecular weight excluding hydrogens is 269 g/mol. The van der Waals surface area contributed by atoms with E-state index >= 15 is 0 Å². The predicted octanol–water partition coefficient (Wildman–Crippen LogP) is 1.50. The Labute approximate surface area is 112 Å². The van der Waals surface area contributed by atoms with E-state index in [0.29, 0.717) is 25.1 Å². The molecule has 0 radical (unpaired) electrons. The minimum Gasteiger partial charge on any atom is -0.494 e. The van der Waals surface area contributed by atoms with Crippen LogP contribution in [0.2, 0.25) is 0 Å². The smallest absolute Gasteiger partial charge is 0.169 e. The Morgan fingerprint density at radius 1 is 1.47 bits per heavy atom. The SMILES string of the molecule is COc1cccc(CNCC2CCCS2(=O)=O)c1F.